The second-order valence-corrected chi connectivity index (χ2v) is 6.21. The van der Waals surface area contributed by atoms with Crippen LogP contribution in [0.4, 0.5) is 5.69 Å². The number of oxazole rings is 1. The molecule has 1 saturated heterocycles. The fraction of sp³-hybridized carbons (Fsp3) is 0.316. The van der Waals surface area contributed by atoms with Gasteiger partial charge in [-0.25, -0.2) is 4.98 Å². The predicted molar refractivity (Wildman–Crippen MR) is 92.2 cm³/mol. The van der Waals surface area contributed by atoms with Crippen LogP contribution in [0.5, 0.6) is 0 Å². The van der Waals surface area contributed by atoms with Crippen molar-refractivity contribution in [1.82, 2.24) is 4.98 Å². The molecule has 0 saturated carbocycles. The van der Waals surface area contributed by atoms with E-state index in [9.17, 15) is 5.11 Å². The minimum absolute atomic E-state index is 0.308. The van der Waals surface area contributed by atoms with Crippen LogP contribution in [-0.4, -0.2) is 36.4 Å². The number of hydrogen-bond acceptors (Lipinski definition) is 5. The fourth-order valence-electron chi connectivity index (χ4n) is 3.02. The maximum absolute atomic E-state index is 11.0. The molecular formula is C19H20N2O3. The highest BCUT2D eigenvalue weighted by molar-refractivity contribution is 5.72. The van der Waals surface area contributed by atoms with Gasteiger partial charge in [-0.1, -0.05) is 24.3 Å². The average molecular weight is 324 g/mol. The van der Waals surface area contributed by atoms with Crippen molar-refractivity contribution in [2.75, 3.05) is 31.2 Å². The number of aliphatic hydroxyl groups is 1. The van der Waals surface area contributed by atoms with Crippen molar-refractivity contribution in [2.24, 2.45) is 0 Å². The average Bonchev–Trinajstić information content (AvgIpc) is 3.08. The van der Waals surface area contributed by atoms with E-state index in [1.807, 2.05) is 48.5 Å². The highest BCUT2D eigenvalue weighted by atomic mass is 16.5. The van der Waals surface area contributed by atoms with Gasteiger partial charge in [0.25, 0.3) is 0 Å². The van der Waals surface area contributed by atoms with E-state index in [2.05, 4.69) is 9.88 Å². The van der Waals surface area contributed by atoms with Gasteiger partial charge >= 0.3 is 0 Å². The molecule has 5 heteroatoms. The first-order valence-corrected chi connectivity index (χ1v) is 8.16. The van der Waals surface area contributed by atoms with E-state index >= 15 is 0 Å². The van der Waals surface area contributed by atoms with Gasteiger partial charge in [-0.3, -0.25) is 0 Å². The number of nitrogens with zero attached hydrogens (tertiary/aromatic N) is 2. The molecule has 0 radical (unpaired) electrons. The largest absolute Gasteiger partial charge is 0.437 e. The molecule has 1 aliphatic rings. The molecule has 0 spiro atoms. The minimum atomic E-state index is -1.28. The van der Waals surface area contributed by atoms with Crippen molar-refractivity contribution in [3.8, 4) is 0 Å². The molecule has 24 heavy (non-hydrogen) atoms. The van der Waals surface area contributed by atoms with Crippen LogP contribution in [-0.2, 0) is 10.3 Å². The van der Waals surface area contributed by atoms with Crippen LogP contribution < -0.4 is 4.90 Å². The topological polar surface area (TPSA) is 58.7 Å². The highest BCUT2D eigenvalue weighted by Gasteiger charge is 2.31. The molecule has 0 aliphatic carbocycles. The maximum atomic E-state index is 11.0. The SMILES string of the molecule is C[C@@](O)(c1ccc(N2CCOCC2)cc1)c1nc2ccccc2o1. The zero-order valence-electron chi connectivity index (χ0n) is 13.6. The van der Waals surface area contributed by atoms with Gasteiger partial charge in [0.05, 0.1) is 13.2 Å². The summed E-state index contributed by atoms with van der Waals surface area (Å²) < 4.78 is 11.1. The lowest BCUT2D eigenvalue weighted by molar-refractivity contribution is 0.0727. The molecule has 3 aromatic rings. The number of anilines is 1. The van der Waals surface area contributed by atoms with Crippen molar-refractivity contribution in [1.29, 1.82) is 0 Å². The number of rotatable bonds is 3. The first kappa shape index (κ1) is 15.2. The van der Waals surface area contributed by atoms with E-state index in [0.717, 1.165) is 43.1 Å². The zero-order valence-corrected chi connectivity index (χ0v) is 13.6. The number of hydrogen-bond donors (Lipinski definition) is 1. The molecule has 124 valence electrons. The second kappa shape index (κ2) is 5.92. The van der Waals surface area contributed by atoms with E-state index in [1.165, 1.54) is 0 Å². The van der Waals surface area contributed by atoms with Gasteiger partial charge in [0.2, 0.25) is 5.89 Å². The quantitative estimate of drug-likeness (QED) is 0.803. The van der Waals surface area contributed by atoms with Crippen LogP contribution in [0.3, 0.4) is 0 Å². The van der Waals surface area contributed by atoms with E-state index in [1.54, 1.807) is 6.92 Å². The molecule has 1 atom stereocenters. The summed E-state index contributed by atoms with van der Waals surface area (Å²) in [6.07, 6.45) is 0. The Hall–Kier alpha value is -2.37. The summed E-state index contributed by atoms with van der Waals surface area (Å²) in [5.74, 6) is 0.308. The number of ether oxygens (including phenoxy) is 1. The van der Waals surface area contributed by atoms with E-state index in [-0.39, 0.29) is 0 Å². The summed E-state index contributed by atoms with van der Waals surface area (Å²) in [7, 11) is 0. The summed E-state index contributed by atoms with van der Waals surface area (Å²) in [4.78, 5) is 6.71. The molecule has 0 bridgehead atoms. The number of morpholine rings is 1. The van der Waals surface area contributed by atoms with Crippen LogP contribution in [0.1, 0.15) is 18.4 Å². The Morgan fingerprint density at radius 2 is 1.75 bits per heavy atom. The molecule has 1 aromatic heterocycles. The van der Waals surface area contributed by atoms with Crippen LogP contribution in [0.25, 0.3) is 11.1 Å². The third kappa shape index (κ3) is 2.66. The van der Waals surface area contributed by atoms with Crippen molar-refractivity contribution in [3.05, 3.63) is 60.0 Å². The third-order valence-corrected chi connectivity index (χ3v) is 4.52. The van der Waals surface area contributed by atoms with Crippen molar-refractivity contribution in [3.63, 3.8) is 0 Å². The van der Waals surface area contributed by atoms with E-state index < -0.39 is 5.60 Å². The Bertz CT molecular complexity index is 800. The monoisotopic (exact) mass is 324 g/mol. The minimum Gasteiger partial charge on any atom is -0.437 e. The normalized spacial score (nSPS) is 17.8. The first-order valence-electron chi connectivity index (χ1n) is 8.16. The summed E-state index contributed by atoms with van der Waals surface area (Å²) in [5, 5.41) is 11.0. The van der Waals surface area contributed by atoms with Gasteiger partial charge < -0.3 is 19.2 Å². The Balaban J connectivity index is 1.63. The predicted octanol–water partition coefficient (Wildman–Crippen LogP) is 2.92. The van der Waals surface area contributed by atoms with Gasteiger partial charge in [-0.15, -0.1) is 0 Å². The highest BCUT2D eigenvalue weighted by Crippen LogP contribution is 2.32. The Morgan fingerprint density at radius 1 is 1.04 bits per heavy atom. The smallest absolute Gasteiger partial charge is 0.231 e. The van der Waals surface area contributed by atoms with Crippen LogP contribution in [0.2, 0.25) is 0 Å². The van der Waals surface area contributed by atoms with Gasteiger partial charge in [0.1, 0.15) is 5.52 Å². The molecule has 1 fully saturated rings. The van der Waals surface area contributed by atoms with E-state index in [4.69, 9.17) is 9.15 Å². The van der Waals surface area contributed by atoms with Crippen LogP contribution in [0, 0.1) is 0 Å². The van der Waals surface area contributed by atoms with E-state index in [0.29, 0.717) is 11.5 Å². The summed E-state index contributed by atoms with van der Waals surface area (Å²) in [6.45, 7) is 4.99. The van der Waals surface area contributed by atoms with Crippen LogP contribution >= 0.6 is 0 Å². The Labute approximate surface area is 140 Å². The standard InChI is InChI=1S/C19H20N2O3/c1-19(22,18-20-16-4-2-3-5-17(16)24-18)14-6-8-15(9-7-14)21-10-12-23-13-11-21/h2-9,22H,10-13H2,1H3/t19-/m1/s1. The summed E-state index contributed by atoms with van der Waals surface area (Å²) in [5.41, 5.74) is 2.04. The van der Waals surface area contributed by atoms with Crippen molar-refractivity contribution < 1.29 is 14.3 Å². The first-order chi connectivity index (χ1) is 11.6. The van der Waals surface area contributed by atoms with Crippen molar-refractivity contribution >= 4 is 16.8 Å². The number of aromatic nitrogens is 1. The summed E-state index contributed by atoms with van der Waals surface area (Å²) in [6, 6.07) is 15.4. The molecule has 0 amide bonds. The fourth-order valence-corrected chi connectivity index (χ4v) is 3.02. The third-order valence-electron chi connectivity index (χ3n) is 4.52. The van der Waals surface area contributed by atoms with Gasteiger partial charge in [-0.2, -0.15) is 0 Å². The maximum Gasteiger partial charge on any atom is 0.231 e. The van der Waals surface area contributed by atoms with Gasteiger partial charge in [0.15, 0.2) is 11.2 Å². The lowest BCUT2D eigenvalue weighted by atomic mass is 9.95. The van der Waals surface area contributed by atoms with Gasteiger partial charge in [-0.05, 0) is 36.8 Å². The zero-order chi connectivity index (χ0) is 16.6. The molecule has 5 nitrogen and oxygen atoms in total. The lowest BCUT2D eigenvalue weighted by Crippen LogP contribution is -2.36. The molecule has 0 unspecified atom stereocenters. The Kier molecular flexibility index (Phi) is 3.75. The second-order valence-electron chi connectivity index (χ2n) is 6.21. The molecule has 2 heterocycles. The van der Waals surface area contributed by atoms with Gasteiger partial charge in [0, 0.05) is 18.8 Å². The number of fused-ring (bicyclic) bond motifs is 1. The molecular weight excluding hydrogens is 304 g/mol. The summed E-state index contributed by atoms with van der Waals surface area (Å²) >= 11 is 0. The molecule has 4 rings (SSSR count). The number of benzene rings is 2. The molecule has 1 N–H and O–H groups in total. The molecule has 2 aromatic carbocycles. The van der Waals surface area contributed by atoms with Crippen molar-refractivity contribution in [2.45, 2.75) is 12.5 Å². The van der Waals surface area contributed by atoms with Crippen LogP contribution in [0.15, 0.2) is 52.9 Å². The molecule has 1 aliphatic heterocycles. The number of para-hydroxylation sites is 2. The lowest BCUT2D eigenvalue weighted by Gasteiger charge is -2.29. The Morgan fingerprint density at radius 3 is 2.46 bits per heavy atom.